The summed E-state index contributed by atoms with van der Waals surface area (Å²) in [5.41, 5.74) is 0.380. The molecule has 0 spiro atoms. The van der Waals surface area contributed by atoms with Crippen LogP contribution in [0.3, 0.4) is 0 Å². The summed E-state index contributed by atoms with van der Waals surface area (Å²) in [6.07, 6.45) is 0. The van der Waals surface area contributed by atoms with Crippen LogP contribution in [0.4, 0.5) is 0 Å². The van der Waals surface area contributed by atoms with E-state index in [4.69, 9.17) is 4.42 Å². The zero-order chi connectivity index (χ0) is 18.1. The Bertz CT molecular complexity index is 1250. The lowest BCUT2D eigenvalue weighted by Gasteiger charge is -2.03. The molecule has 0 radical (unpaired) electrons. The highest BCUT2D eigenvalue weighted by molar-refractivity contribution is 7.91. The fourth-order valence-electron chi connectivity index (χ4n) is 2.79. The van der Waals surface area contributed by atoms with Crippen molar-refractivity contribution in [2.24, 2.45) is 0 Å². The molecular formula is C20H12N2O3S. The highest BCUT2D eigenvalue weighted by Crippen LogP contribution is 2.32. The van der Waals surface area contributed by atoms with Gasteiger partial charge in [-0.15, -0.1) is 0 Å². The van der Waals surface area contributed by atoms with Crippen LogP contribution in [-0.4, -0.2) is 13.4 Å². The molecule has 0 aliphatic carbocycles. The maximum Gasteiger partial charge on any atom is 0.261 e. The Morgan fingerprint density at radius 2 is 1.58 bits per heavy atom. The molecular weight excluding hydrogens is 348 g/mol. The van der Waals surface area contributed by atoms with Crippen LogP contribution in [0.15, 0.2) is 87.2 Å². The van der Waals surface area contributed by atoms with E-state index in [1.54, 1.807) is 24.3 Å². The summed E-state index contributed by atoms with van der Waals surface area (Å²) >= 11 is 0. The lowest BCUT2D eigenvalue weighted by Crippen LogP contribution is -2.02. The lowest BCUT2D eigenvalue weighted by molar-refractivity contribution is 0.457. The number of aromatic nitrogens is 1. The summed E-state index contributed by atoms with van der Waals surface area (Å²) in [4.78, 5) is 4.19. The maximum absolute atomic E-state index is 12.8. The van der Waals surface area contributed by atoms with E-state index in [9.17, 15) is 13.7 Å². The number of hydrogen-bond acceptors (Lipinski definition) is 5. The van der Waals surface area contributed by atoms with Gasteiger partial charge in [-0.25, -0.2) is 8.42 Å². The summed E-state index contributed by atoms with van der Waals surface area (Å²) < 4.78 is 31.3. The average Bonchev–Trinajstić information content (AvgIpc) is 3.13. The summed E-state index contributed by atoms with van der Waals surface area (Å²) in [7, 11) is -3.97. The van der Waals surface area contributed by atoms with Crippen molar-refractivity contribution in [2.45, 2.75) is 9.99 Å². The first-order valence-electron chi connectivity index (χ1n) is 7.80. The third-order valence-electron chi connectivity index (χ3n) is 4.02. The second-order valence-electron chi connectivity index (χ2n) is 5.61. The number of rotatable bonds is 3. The minimum Gasteiger partial charge on any atom is -0.423 e. The number of sulfone groups is 1. The molecule has 0 bridgehead atoms. The van der Waals surface area contributed by atoms with E-state index < -0.39 is 14.9 Å². The Balaban J connectivity index is 1.93. The third-order valence-corrected chi connectivity index (χ3v) is 5.68. The number of hydrogen-bond donors (Lipinski definition) is 0. The molecule has 4 aromatic rings. The molecule has 1 aromatic heterocycles. The molecule has 0 saturated carbocycles. The zero-order valence-corrected chi connectivity index (χ0v) is 14.3. The van der Waals surface area contributed by atoms with E-state index in [0.29, 0.717) is 5.56 Å². The van der Waals surface area contributed by atoms with Crippen molar-refractivity contribution in [3.63, 3.8) is 0 Å². The van der Waals surface area contributed by atoms with Crippen molar-refractivity contribution in [3.05, 3.63) is 78.5 Å². The van der Waals surface area contributed by atoms with Gasteiger partial charge >= 0.3 is 0 Å². The number of oxazole rings is 1. The second-order valence-corrected chi connectivity index (χ2v) is 7.46. The normalized spacial score (nSPS) is 11.3. The SMILES string of the molecule is N#Cc1nc(-c2cccc3ccccc23)oc1S(=O)(=O)c1ccccc1. The molecule has 0 saturated heterocycles. The van der Waals surface area contributed by atoms with E-state index in [2.05, 4.69) is 4.98 Å². The van der Waals surface area contributed by atoms with E-state index >= 15 is 0 Å². The minimum absolute atomic E-state index is 0.0529. The first-order chi connectivity index (χ1) is 12.6. The van der Waals surface area contributed by atoms with Gasteiger partial charge in [0.15, 0.2) is 5.69 Å². The molecule has 3 aromatic carbocycles. The molecule has 0 aliphatic heterocycles. The van der Waals surface area contributed by atoms with E-state index in [-0.39, 0.29) is 16.5 Å². The monoisotopic (exact) mass is 360 g/mol. The van der Waals surface area contributed by atoms with Gasteiger partial charge in [0.05, 0.1) is 4.90 Å². The fourth-order valence-corrected chi connectivity index (χ4v) is 4.06. The van der Waals surface area contributed by atoms with Gasteiger partial charge in [0.25, 0.3) is 5.09 Å². The summed E-state index contributed by atoms with van der Waals surface area (Å²) in [6.45, 7) is 0. The molecule has 0 aliphatic rings. The van der Waals surface area contributed by atoms with Crippen LogP contribution >= 0.6 is 0 Å². The Morgan fingerprint density at radius 1 is 0.885 bits per heavy atom. The summed E-state index contributed by atoms with van der Waals surface area (Å²) in [5, 5.41) is 10.8. The Hall–Kier alpha value is -3.43. The van der Waals surface area contributed by atoms with Crippen LogP contribution in [-0.2, 0) is 9.84 Å². The minimum atomic E-state index is -3.97. The fraction of sp³-hybridized carbons (Fsp3) is 0. The molecule has 6 heteroatoms. The Morgan fingerprint density at radius 3 is 2.35 bits per heavy atom. The van der Waals surface area contributed by atoms with Gasteiger partial charge < -0.3 is 4.42 Å². The quantitative estimate of drug-likeness (QED) is 0.547. The predicted molar refractivity (Wildman–Crippen MR) is 96.1 cm³/mol. The molecule has 0 N–H and O–H groups in total. The first-order valence-corrected chi connectivity index (χ1v) is 9.29. The smallest absolute Gasteiger partial charge is 0.261 e. The predicted octanol–water partition coefficient (Wildman–Crippen LogP) is 4.20. The van der Waals surface area contributed by atoms with Gasteiger partial charge in [-0.3, -0.25) is 0 Å². The van der Waals surface area contributed by atoms with Crippen molar-refractivity contribution >= 4 is 20.6 Å². The van der Waals surface area contributed by atoms with Crippen molar-refractivity contribution in [1.29, 1.82) is 5.26 Å². The second kappa shape index (κ2) is 6.14. The average molecular weight is 360 g/mol. The van der Waals surface area contributed by atoms with Crippen LogP contribution in [0, 0.1) is 11.3 Å². The van der Waals surface area contributed by atoms with Gasteiger partial charge in [-0.1, -0.05) is 54.6 Å². The summed E-state index contributed by atoms with van der Waals surface area (Å²) in [6, 6.07) is 22.9. The topological polar surface area (TPSA) is 84.0 Å². The van der Waals surface area contributed by atoms with Crippen LogP contribution in [0.5, 0.6) is 0 Å². The van der Waals surface area contributed by atoms with Crippen molar-refractivity contribution in [1.82, 2.24) is 4.98 Å². The zero-order valence-electron chi connectivity index (χ0n) is 13.5. The molecule has 0 unspecified atom stereocenters. The van der Waals surface area contributed by atoms with Crippen LogP contribution < -0.4 is 0 Å². The number of nitriles is 1. The molecule has 5 nitrogen and oxygen atoms in total. The van der Waals surface area contributed by atoms with Gasteiger partial charge in [0.2, 0.25) is 15.7 Å². The lowest BCUT2D eigenvalue weighted by atomic mass is 10.0. The molecule has 0 fully saturated rings. The highest BCUT2D eigenvalue weighted by Gasteiger charge is 2.29. The number of nitrogens with zero attached hydrogens (tertiary/aromatic N) is 2. The molecule has 26 heavy (non-hydrogen) atoms. The summed E-state index contributed by atoms with van der Waals surface area (Å²) in [5.74, 6) is 0.104. The van der Waals surface area contributed by atoms with E-state index in [1.165, 1.54) is 12.1 Å². The molecule has 1 heterocycles. The molecule has 0 atom stereocenters. The van der Waals surface area contributed by atoms with Crippen molar-refractivity contribution in [3.8, 4) is 17.5 Å². The standard InChI is InChI=1S/C20H12N2O3S/c21-13-18-20(26(23,24)15-9-2-1-3-10-15)25-19(22-18)17-12-6-8-14-7-4-5-11-16(14)17/h1-12H. The van der Waals surface area contributed by atoms with Crippen molar-refractivity contribution in [2.75, 3.05) is 0 Å². The number of fused-ring (bicyclic) bond motifs is 1. The molecule has 126 valence electrons. The largest absolute Gasteiger partial charge is 0.423 e. The van der Waals surface area contributed by atoms with E-state index in [0.717, 1.165) is 10.8 Å². The van der Waals surface area contributed by atoms with Crippen LogP contribution in [0.25, 0.3) is 22.2 Å². The third kappa shape index (κ3) is 2.55. The van der Waals surface area contributed by atoms with Gasteiger partial charge in [-0.2, -0.15) is 10.2 Å². The maximum atomic E-state index is 12.8. The van der Waals surface area contributed by atoms with Gasteiger partial charge in [-0.05, 0) is 29.0 Å². The molecule has 0 amide bonds. The number of benzene rings is 3. The Labute approximate surface area is 150 Å². The van der Waals surface area contributed by atoms with Gasteiger partial charge in [0, 0.05) is 5.56 Å². The van der Waals surface area contributed by atoms with Crippen LogP contribution in [0.2, 0.25) is 0 Å². The van der Waals surface area contributed by atoms with E-state index in [1.807, 2.05) is 42.5 Å². The Kier molecular flexibility index (Phi) is 3.79. The van der Waals surface area contributed by atoms with Crippen LogP contribution in [0.1, 0.15) is 5.69 Å². The van der Waals surface area contributed by atoms with Crippen molar-refractivity contribution < 1.29 is 12.8 Å². The first kappa shape index (κ1) is 16.1. The van der Waals surface area contributed by atoms with Gasteiger partial charge in [0.1, 0.15) is 6.07 Å². The molecule has 4 rings (SSSR count). The highest BCUT2D eigenvalue weighted by atomic mass is 32.2.